The molecule has 9 heteroatoms. The average Bonchev–Trinajstić information content (AvgIpc) is 3.14. The molecule has 2 N–H and O–H groups in total. The molecule has 30 heavy (non-hydrogen) atoms. The molecule has 4 aliphatic carbocycles. The molecule has 0 spiro atoms. The zero-order valence-electron chi connectivity index (χ0n) is 16.4. The Labute approximate surface area is 182 Å². The van der Waals surface area contributed by atoms with E-state index in [-0.39, 0.29) is 28.8 Å². The second-order valence-corrected chi connectivity index (χ2v) is 11.1. The zero-order chi connectivity index (χ0) is 20.7. The molecule has 1 aromatic carbocycles. The van der Waals surface area contributed by atoms with Crippen LogP contribution in [0.25, 0.3) is 0 Å². The maximum atomic E-state index is 13.1. The van der Waals surface area contributed by atoms with Crippen molar-refractivity contribution in [3.05, 3.63) is 30.1 Å². The molecular formula is C21H23FN4O2S2. The number of hydrogen-bond acceptors (Lipinski definition) is 6. The topological polar surface area (TPSA) is 84.0 Å². The maximum absolute atomic E-state index is 13.1. The van der Waals surface area contributed by atoms with Crippen LogP contribution in [0.15, 0.2) is 28.6 Å². The lowest BCUT2D eigenvalue weighted by Gasteiger charge is -2.55. The molecule has 1 heterocycles. The Morgan fingerprint density at radius 3 is 2.30 bits per heavy atom. The van der Waals surface area contributed by atoms with E-state index in [4.69, 9.17) is 0 Å². The molecule has 6 nitrogen and oxygen atoms in total. The van der Waals surface area contributed by atoms with Crippen molar-refractivity contribution in [1.82, 2.24) is 10.2 Å². The molecule has 4 fully saturated rings. The number of rotatable bonds is 6. The van der Waals surface area contributed by atoms with E-state index in [9.17, 15) is 14.0 Å². The molecule has 0 unspecified atom stereocenters. The normalized spacial score (nSPS) is 29.0. The average molecular weight is 447 g/mol. The predicted octanol–water partition coefficient (Wildman–Crippen LogP) is 4.56. The lowest BCUT2D eigenvalue weighted by atomic mass is 9.49. The van der Waals surface area contributed by atoms with Crippen molar-refractivity contribution in [1.29, 1.82) is 0 Å². The van der Waals surface area contributed by atoms with E-state index < -0.39 is 0 Å². The Morgan fingerprint density at radius 2 is 1.67 bits per heavy atom. The number of hydrogen-bond donors (Lipinski definition) is 2. The van der Waals surface area contributed by atoms with Crippen molar-refractivity contribution in [3.8, 4) is 0 Å². The molecule has 2 amide bonds. The number of carbonyl (C=O) groups excluding carboxylic acids is 2. The summed E-state index contributed by atoms with van der Waals surface area (Å²) >= 11 is 2.56. The van der Waals surface area contributed by atoms with Crippen LogP contribution in [0.1, 0.15) is 38.5 Å². The van der Waals surface area contributed by atoms with Crippen LogP contribution in [0.2, 0.25) is 0 Å². The highest BCUT2D eigenvalue weighted by Gasteiger charge is 2.54. The van der Waals surface area contributed by atoms with Crippen LogP contribution >= 0.6 is 23.1 Å². The van der Waals surface area contributed by atoms with Gasteiger partial charge in [-0.2, -0.15) is 0 Å². The summed E-state index contributed by atoms with van der Waals surface area (Å²) in [6.07, 6.45) is 6.92. The minimum absolute atomic E-state index is 0.100. The Kier molecular flexibility index (Phi) is 5.26. The first-order chi connectivity index (χ1) is 14.5. The third kappa shape index (κ3) is 4.09. The van der Waals surface area contributed by atoms with E-state index in [1.807, 2.05) is 0 Å². The van der Waals surface area contributed by atoms with Crippen LogP contribution < -0.4 is 10.6 Å². The van der Waals surface area contributed by atoms with Gasteiger partial charge in [0.2, 0.25) is 16.9 Å². The van der Waals surface area contributed by atoms with Crippen LogP contribution in [0, 0.1) is 29.0 Å². The third-order valence-corrected chi connectivity index (χ3v) is 8.57. The van der Waals surface area contributed by atoms with Crippen molar-refractivity contribution in [3.63, 3.8) is 0 Å². The SMILES string of the molecule is O=C(CSc1nnc(NC(=O)C23CC4CC(CC(C4)C2)C3)s1)Nc1ccc(F)cc1. The van der Waals surface area contributed by atoms with Crippen molar-refractivity contribution < 1.29 is 14.0 Å². The summed E-state index contributed by atoms with van der Waals surface area (Å²) in [5.41, 5.74) is 0.325. The van der Waals surface area contributed by atoms with Crippen molar-refractivity contribution in [2.45, 2.75) is 42.9 Å². The summed E-state index contributed by atoms with van der Waals surface area (Å²) in [7, 11) is 0. The van der Waals surface area contributed by atoms with E-state index in [1.165, 1.54) is 66.6 Å². The molecule has 0 aliphatic heterocycles. The maximum Gasteiger partial charge on any atom is 0.234 e. The minimum Gasteiger partial charge on any atom is -0.325 e. The largest absolute Gasteiger partial charge is 0.325 e. The van der Waals surface area contributed by atoms with Gasteiger partial charge in [-0.1, -0.05) is 23.1 Å². The Bertz CT molecular complexity index is 927. The van der Waals surface area contributed by atoms with Gasteiger partial charge in [-0.3, -0.25) is 9.59 Å². The summed E-state index contributed by atoms with van der Waals surface area (Å²) < 4.78 is 13.6. The van der Waals surface area contributed by atoms with Crippen LogP contribution in [0.5, 0.6) is 0 Å². The number of thioether (sulfide) groups is 1. The number of aromatic nitrogens is 2. The molecule has 0 saturated heterocycles. The minimum atomic E-state index is -0.348. The summed E-state index contributed by atoms with van der Waals surface area (Å²) in [4.78, 5) is 25.2. The van der Waals surface area contributed by atoms with Crippen LogP contribution in [0.3, 0.4) is 0 Å². The van der Waals surface area contributed by atoms with Gasteiger partial charge in [0.05, 0.1) is 11.2 Å². The molecule has 4 saturated carbocycles. The number of nitrogens with zero attached hydrogens (tertiary/aromatic N) is 2. The number of amides is 2. The number of halogens is 1. The van der Waals surface area contributed by atoms with Gasteiger partial charge < -0.3 is 10.6 Å². The highest BCUT2D eigenvalue weighted by Crippen LogP contribution is 2.60. The van der Waals surface area contributed by atoms with E-state index >= 15 is 0 Å². The second kappa shape index (κ2) is 7.92. The highest BCUT2D eigenvalue weighted by molar-refractivity contribution is 8.01. The number of benzene rings is 1. The summed E-state index contributed by atoms with van der Waals surface area (Å²) in [6, 6.07) is 5.63. The van der Waals surface area contributed by atoms with Gasteiger partial charge in [-0.15, -0.1) is 10.2 Å². The van der Waals surface area contributed by atoms with Gasteiger partial charge in [0.15, 0.2) is 4.34 Å². The lowest BCUT2D eigenvalue weighted by molar-refractivity contribution is -0.140. The Hall–Kier alpha value is -2.00. The van der Waals surface area contributed by atoms with Gasteiger partial charge in [0.25, 0.3) is 0 Å². The van der Waals surface area contributed by atoms with E-state index in [2.05, 4.69) is 20.8 Å². The van der Waals surface area contributed by atoms with E-state index in [1.54, 1.807) is 0 Å². The van der Waals surface area contributed by atoms with Crippen molar-refractivity contribution in [2.75, 3.05) is 16.4 Å². The number of nitrogens with one attached hydrogen (secondary N) is 2. The highest BCUT2D eigenvalue weighted by atomic mass is 32.2. The molecule has 4 aliphatic rings. The first-order valence-electron chi connectivity index (χ1n) is 10.3. The van der Waals surface area contributed by atoms with E-state index in [0.717, 1.165) is 19.3 Å². The molecule has 0 atom stereocenters. The van der Waals surface area contributed by atoms with E-state index in [0.29, 0.717) is 32.9 Å². The number of anilines is 2. The van der Waals surface area contributed by atoms with Crippen LogP contribution in [-0.4, -0.2) is 27.8 Å². The molecule has 158 valence electrons. The first-order valence-corrected chi connectivity index (χ1v) is 12.1. The Morgan fingerprint density at radius 1 is 1.03 bits per heavy atom. The molecule has 6 rings (SSSR count). The molecular weight excluding hydrogens is 423 g/mol. The van der Waals surface area contributed by atoms with Gasteiger partial charge in [-0.05, 0) is 80.5 Å². The van der Waals surface area contributed by atoms with Gasteiger partial charge >= 0.3 is 0 Å². The van der Waals surface area contributed by atoms with Crippen LogP contribution in [-0.2, 0) is 9.59 Å². The van der Waals surface area contributed by atoms with Crippen LogP contribution in [0.4, 0.5) is 15.2 Å². The molecule has 1 aromatic heterocycles. The first kappa shape index (κ1) is 19.9. The van der Waals surface area contributed by atoms with Gasteiger partial charge in [-0.25, -0.2) is 4.39 Å². The molecule has 4 bridgehead atoms. The fourth-order valence-electron chi connectivity index (χ4n) is 5.79. The predicted molar refractivity (Wildman–Crippen MR) is 115 cm³/mol. The van der Waals surface area contributed by atoms with Gasteiger partial charge in [0.1, 0.15) is 5.82 Å². The lowest BCUT2D eigenvalue weighted by Crippen LogP contribution is -2.51. The summed E-state index contributed by atoms with van der Waals surface area (Å²) in [5.74, 6) is 1.84. The summed E-state index contributed by atoms with van der Waals surface area (Å²) in [5, 5.41) is 14.4. The quantitative estimate of drug-likeness (QED) is 0.502. The fourth-order valence-corrected chi connectivity index (χ4v) is 7.34. The van der Waals surface area contributed by atoms with Crippen molar-refractivity contribution in [2.24, 2.45) is 23.2 Å². The Balaban J connectivity index is 1.15. The third-order valence-electron chi connectivity index (χ3n) is 6.60. The summed E-state index contributed by atoms with van der Waals surface area (Å²) in [6.45, 7) is 0. The second-order valence-electron chi connectivity index (χ2n) is 8.87. The zero-order valence-corrected chi connectivity index (χ0v) is 18.0. The standard InChI is InChI=1S/C21H23FN4O2S2/c22-15-1-3-16(4-2-15)23-17(27)11-29-20-26-25-19(30-20)24-18(28)21-8-12-5-13(9-21)7-14(6-12)10-21/h1-4,12-14H,5-11H2,(H,23,27)(H,24,25,28). The monoisotopic (exact) mass is 446 g/mol. The number of carbonyl (C=O) groups is 2. The fraction of sp³-hybridized carbons (Fsp3) is 0.524. The van der Waals surface area contributed by atoms with Gasteiger partial charge in [0, 0.05) is 5.69 Å². The van der Waals surface area contributed by atoms with Crippen molar-refractivity contribution >= 4 is 45.7 Å². The molecule has 0 radical (unpaired) electrons. The molecule has 2 aromatic rings. The smallest absolute Gasteiger partial charge is 0.234 e.